The van der Waals surface area contributed by atoms with E-state index in [1.54, 1.807) is 0 Å². The average molecular weight is 492 g/mol. The number of likely N-dealkylation sites (tertiary alicyclic amines) is 1. The molecule has 1 aromatic rings. The quantitative estimate of drug-likeness (QED) is 0.443. The fourth-order valence-electron chi connectivity index (χ4n) is 6.23. The summed E-state index contributed by atoms with van der Waals surface area (Å²) in [6.07, 6.45) is 2.82. The van der Waals surface area contributed by atoms with E-state index in [1.807, 2.05) is 0 Å². The Kier molecular flexibility index (Phi) is 10.0. The van der Waals surface area contributed by atoms with Crippen LogP contribution in [-0.2, 0) is 19.1 Å². The van der Waals surface area contributed by atoms with Crippen LogP contribution in [0.15, 0.2) is 30.3 Å². The first-order valence-corrected chi connectivity index (χ1v) is 12.2. The Morgan fingerprint density at radius 1 is 1.11 bits per heavy atom. The third kappa shape index (κ3) is 6.38. The predicted octanol–water partition coefficient (Wildman–Crippen LogP) is 0.465. The van der Waals surface area contributed by atoms with Gasteiger partial charge in [0.15, 0.2) is 0 Å². The molecule has 0 radical (unpaired) electrons. The Balaban J connectivity index is 0.000000520. The SMILES string of the molecule is O=C1CN(C[C@@H]2[C@@H](c3ccccc3)[C@]23CN(C2CCOCC2)C[C@H]3O)CCCN1.O=CO.O=CO. The van der Waals surface area contributed by atoms with Crippen LogP contribution in [0.1, 0.15) is 30.7 Å². The molecule has 0 unspecified atom stereocenters. The molecule has 0 bridgehead atoms. The molecule has 4 atom stereocenters. The van der Waals surface area contributed by atoms with E-state index in [0.717, 1.165) is 65.2 Å². The van der Waals surface area contributed by atoms with E-state index in [-0.39, 0.29) is 30.4 Å². The van der Waals surface area contributed by atoms with Gasteiger partial charge in [-0.25, -0.2) is 0 Å². The number of aliphatic hydroxyl groups excluding tert-OH is 1. The van der Waals surface area contributed by atoms with Gasteiger partial charge in [-0.2, -0.15) is 0 Å². The minimum absolute atomic E-state index is 0.0809. The van der Waals surface area contributed by atoms with Gasteiger partial charge in [-0.15, -0.1) is 0 Å². The molecule has 1 aliphatic carbocycles. The maximum atomic E-state index is 12.1. The zero-order valence-corrected chi connectivity index (χ0v) is 20.0. The van der Waals surface area contributed by atoms with Gasteiger partial charge in [0.25, 0.3) is 12.9 Å². The van der Waals surface area contributed by atoms with Crippen molar-refractivity contribution < 1.29 is 34.4 Å². The van der Waals surface area contributed by atoms with Crippen molar-refractivity contribution in [1.82, 2.24) is 15.1 Å². The molecule has 3 saturated heterocycles. The van der Waals surface area contributed by atoms with E-state index in [2.05, 4.69) is 45.4 Å². The van der Waals surface area contributed by atoms with Crippen molar-refractivity contribution in [3.63, 3.8) is 0 Å². The van der Waals surface area contributed by atoms with Crippen molar-refractivity contribution in [2.45, 2.75) is 37.3 Å². The van der Waals surface area contributed by atoms with Crippen LogP contribution in [0.25, 0.3) is 0 Å². The molecule has 35 heavy (non-hydrogen) atoms. The van der Waals surface area contributed by atoms with Crippen LogP contribution in [0.5, 0.6) is 0 Å². The maximum absolute atomic E-state index is 12.1. The van der Waals surface area contributed by atoms with Gasteiger partial charge in [0, 0.05) is 57.4 Å². The molecule has 194 valence electrons. The highest BCUT2D eigenvalue weighted by Gasteiger charge is 2.71. The molecule has 3 heterocycles. The first-order valence-electron chi connectivity index (χ1n) is 12.2. The number of nitrogens with one attached hydrogen (secondary N) is 1. The molecule has 1 spiro atoms. The van der Waals surface area contributed by atoms with E-state index >= 15 is 0 Å². The number of amides is 1. The molecule has 5 rings (SSSR count). The van der Waals surface area contributed by atoms with Crippen LogP contribution in [0.2, 0.25) is 0 Å². The van der Waals surface area contributed by atoms with Crippen molar-refractivity contribution in [1.29, 1.82) is 0 Å². The second-order valence-electron chi connectivity index (χ2n) is 9.55. The number of carbonyl (C=O) groups is 3. The second kappa shape index (κ2) is 13.0. The number of hydrogen-bond donors (Lipinski definition) is 4. The Labute approximate surface area is 205 Å². The van der Waals surface area contributed by atoms with Crippen LogP contribution >= 0.6 is 0 Å². The van der Waals surface area contributed by atoms with Gasteiger partial charge < -0.3 is 25.4 Å². The molecule has 4 aliphatic rings. The fraction of sp³-hybridized carbons (Fsp3) is 0.640. The number of rotatable bonds is 4. The summed E-state index contributed by atoms with van der Waals surface area (Å²) >= 11 is 0. The van der Waals surface area contributed by atoms with Crippen molar-refractivity contribution in [2.75, 3.05) is 52.5 Å². The van der Waals surface area contributed by atoms with Crippen molar-refractivity contribution >= 4 is 18.9 Å². The minimum Gasteiger partial charge on any atom is -0.483 e. The monoisotopic (exact) mass is 491 g/mol. The highest BCUT2D eigenvalue weighted by atomic mass is 16.5. The highest BCUT2D eigenvalue weighted by molar-refractivity contribution is 5.78. The Morgan fingerprint density at radius 2 is 1.77 bits per heavy atom. The maximum Gasteiger partial charge on any atom is 0.290 e. The highest BCUT2D eigenvalue weighted by Crippen LogP contribution is 2.69. The van der Waals surface area contributed by atoms with Crippen LogP contribution < -0.4 is 5.32 Å². The topological polar surface area (TPSA) is 140 Å². The molecule has 1 amide bonds. The van der Waals surface area contributed by atoms with E-state index < -0.39 is 0 Å². The number of carboxylic acid groups (broad SMARTS) is 2. The van der Waals surface area contributed by atoms with Crippen LogP contribution in [0.3, 0.4) is 0 Å². The van der Waals surface area contributed by atoms with E-state index in [0.29, 0.717) is 24.4 Å². The Morgan fingerprint density at radius 3 is 2.43 bits per heavy atom. The van der Waals surface area contributed by atoms with Crippen molar-refractivity contribution in [3.05, 3.63) is 35.9 Å². The summed E-state index contributed by atoms with van der Waals surface area (Å²) in [7, 11) is 0. The fourth-order valence-corrected chi connectivity index (χ4v) is 6.23. The molecule has 10 nitrogen and oxygen atoms in total. The van der Waals surface area contributed by atoms with Gasteiger partial charge in [-0.05, 0) is 36.7 Å². The molecule has 3 aliphatic heterocycles. The zero-order valence-electron chi connectivity index (χ0n) is 20.0. The third-order valence-electron chi connectivity index (χ3n) is 7.73. The van der Waals surface area contributed by atoms with E-state index in [9.17, 15) is 9.90 Å². The molecule has 1 saturated carbocycles. The lowest BCUT2D eigenvalue weighted by molar-refractivity contribution is -0.123. The normalized spacial score (nSPS) is 31.2. The summed E-state index contributed by atoms with van der Waals surface area (Å²) in [6.45, 7) is 5.99. The number of benzene rings is 1. The minimum atomic E-state index is -0.304. The first-order chi connectivity index (χ1) is 17.0. The van der Waals surface area contributed by atoms with Gasteiger partial charge in [0.2, 0.25) is 5.91 Å². The van der Waals surface area contributed by atoms with Gasteiger partial charge in [0.1, 0.15) is 0 Å². The molecule has 4 fully saturated rings. The summed E-state index contributed by atoms with van der Waals surface area (Å²) in [6, 6.07) is 11.2. The van der Waals surface area contributed by atoms with Crippen LogP contribution in [0, 0.1) is 11.3 Å². The molecule has 10 heteroatoms. The summed E-state index contributed by atoms with van der Waals surface area (Å²) in [5.74, 6) is 0.898. The second-order valence-corrected chi connectivity index (χ2v) is 9.55. The Bertz CT molecular complexity index is 815. The predicted molar refractivity (Wildman–Crippen MR) is 128 cm³/mol. The summed E-state index contributed by atoms with van der Waals surface area (Å²) in [5.41, 5.74) is 1.26. The van der Waals surface area contributed by atoms with Crippen molar-refractivity contribution in [3.8, 4) is 0 Å². The molecule has 4 N–H and O–H groups in total. The summed E-state index contributed by atoms with van der Waals surface area (Å²) in [5, 5.41) is 28.0. The lowest BCUT2D eigenvalue weighted by Crippen LogP contribution is -2.38. The Hall–Kier alpha value is -2.53. The number of hydrogen-bond acceptors (Lipinski definition) is 7. The standard InChI is InChI=1S/C23H33N3O3.2CH2O2/c27-20-14-26(18-7-11-29-12-8-18)16-23(20)19(22(23)17-5-2-1-3-6-17)13-25-10-4-9-24-21(28)15-25;2*2-1-3/h1-3,5-6,18-20,22,27H,4,7-16H2,(H,24,28);2*1H,(H,2,3)/t19-,20-,22-,23-;;/m1../s1. The number of aliphatic hydroxyl groups is 1. The molecular weight excluding hydrogens is 454 g/mol. The smallest absolute Gasteiger partial charge is 0.290 e. The lowest BCUT2D eigenvalue weighted by Gasteiger charge is -2.31. The number of carbonyl (C=O) groups excluding carboxylic acids is 1. The van der Waals surface area contributed by atoms with E-state index in [1.165, 1.54) is 5.56 Å². The lowest BCUT2D eigenvalue weighted by atomic mass is 9.95. The van der Waals surface area contributed by atoms with Crippen LogP contribution in [-0.4, -0.2) is 109 Å². The molecule has 0 aromatic heterocycles. The van der Waals surface area contributed by atoms with E-state index in [4.69, 9.17) is 24.5 Å². The summed E-state index contributed by atoms with van der Waals surface area (Å²) in [4.78, 5) is 33.6. The first kappa shape index (κ1) is 27.1. The zero-order chi connectivity index (χ0) is 25.3. The third-order valence-corrected chi connectivity index (χ3v) is 7.73. The number of nitrogens with zero attached hydrogens (tertiary/aromatic N) is 2. The van der Waals surface area contributed by atoms with Crippen LogP contribution in [0.4, 0.5) is 0 Å². The number of ether oxygens (including phenoxy) is 1. The molecule has 1 aromatic carbocycles. The van der Waals surface area contributed by atoms with Gasteiger partial charge in [0.05, 0.1) is 12.6 Å². The summed E-state index contributed by atoms with van der Waals surface area (Å²) < 4.78 is 5.55. The van der Waals surface area contributed by atoms with Gasteiger partial charge >= 0.3 is 0 Å². The molecular formula is C25H37N3O7. The van der Waals surface area contributed by atoms with Gasteiger partial charge in [-0.3, -0.25) is 24.2 Å². The van der Waals surface area contributed by atoms with Gasteiger partial charge in [-0.1, -0.05) is 30.3 Å². The largest absolute Gasteiger partial charge is 0.483 e. The average Bonchev–Trinajstić information content (AvgIpc) is 3.43. The number of β-amino-alcohol motifs (C(OH)–C–C–N with tert-alkyl or cyclic N) is 1. The van der Waals surface area contributed by atoms with Crippen molar-refractivity contribution in [2.24, 2.45) is 11.3 Å².